The summed E-state index contributed by atoms with van der Waals surface area (Å²) in [6.07, 6.45) is -0.0402. The minimum absolute atomic E-state index is 0.0313. The fourth-order valence-electron chi connectivity index (χ4n) is 6.96. The Morgan fingerprint density at radius 3 is 2.36 bits per heavy atom. The predicted molar refractivity (Wildman–Crippen MR) is 184 cm³/mol. The van der Waals surface area contributed by atoms with Gasteiger partial charge >= 0.3 is 0 Å². The fraction of sp³-hybridized carbons (Fsp3) is 0.273. The van der Waals surface area contributed by atoms with E-state index in [1.807, 2.05) is 0 Å². The number of benzene rings is 2. The standard InChI is InChI=1S/C33H26Cl2F6N8O3S/c1-48-28-16(4-6-20(34)25(28)32(46-48)47-53(2,51)52)18-11-21(42)30(35)44-26(18)22(9-13-7-14(36)10-15(37)8-13)43-23(50)12-49-29-24(27(45-49)31(38)39)17-3-5-19(17)33(29,40)41/h3-8,10-11,17,19,22,31H,9,12,42H2,1-2H3,(H,43,50)(H,46,47). The number of aryl methyl sites for hydroxylation is 1. The van der Waals surface area contributed by atoms with Gasteiger partial charge in [0.05, 0.1) is 45.5 Å². The van der Waals surface area contributed by atoms with E-state index in [-0.39, 0.29) is 61.4 Å². The molecule has 0 aliphatic heterocycles. The number of sulfonamides is 1. The normalized spacial score (nSPS) is 17.9. The lowest BCUT2D eigenvalue weighted by molar-refractivity contribution is -0.123. The maximum atomic E-state index is 15.5. The first-order valence-corrected chi connectivity index (χ1v) is 18.3. The summed E-state index contributed by atoms with van der Waals surface area (Å²) < 4.78 is 116. The van der Waals surface area contributed by atoms with Crippen LogP contribution in [-0.4, -0.2) is 45.1 Å². The number of halogens is 8. The molecule has 0 fully saturated rings. The Hall–Kier alpha value is -4.81. The summed E-state index contributed by atoms with van der Waals surface area (Å²) >= 11 is 12.9. The van der Waals surface area contributed by atoms with Crippen LogP contribution in [0.1, 0.15) is 46.6 Å². The second kappa shape index (κ2) is 12.9. The third-order valence-corrected chi connectivity index (χ3v) is 10.2. The van der Waals surface area contributed by atoms with Crippen molar-refractivity contribution in [1.29, 1.82) is 0 Å². The average molecular weight is 800 g/mol. The van der Waals surface area contributed by atoms with Gasteiger partial charge in [0, 0.05) is 35.7 Å². The van der Waals surface area contributed by atoms with Gasteiger partial charge in [-0.25, -0.2) is 31.0 Å². The number of fused-ring (bicyclic) bond motifs is 4. The molecule has 2 aromatic carbocycles. The molecule has 5 aromatic rings. The molecular formula is C33H26Cl2F6N8O3S. The number of hydrogen-bond donors (Lipinski definition) is 3. The summed E-state index contributed by atoms with van der Waals surface area (Å²) in [5.41, 5.74) is 4.89. The van der Waals surface area contributed by atoms with Gasteiger partial charge < -0.3 is 11.1 Å². The molecule has 0 spiro atoms. The maximum absolute atomic E-state index is 15.5. The lowest BCUT2D eigenvalue weighted by Crippen LogP contribution is -2.35. The van der Waals surface area contributed by atoms with Gasteiger partial charge in [-0.3, -0.25) is 18.9 Å². The Morgan fingerprint density at radius 2 is 1.74 bits per heavy atom. The Bertz CT molecular complexity index is 2470. The number of nitrogens with one attached hydrogen (secondary N) is 2. The largest absolute Gasteiger partial charge is 0.396 e. The highest BCUT2D eigenvalue weighted by Crippen LogP contribution is 2.60. The van der Waals surface area contributed by atoms with Crippen molar-refractivity contribution >= 4 is 61.5 Å². The van der Waals surface area contributed by atoms with Gasteiger partial charge in [0.25, 0.3) is 12.3 Å². The topological polar surface area (TPSA) is 150 Å². The van der Waals surface area contributed by atoms with Gasteiger partial charge in [-0.15, -0.1) is 0 Å². The van der Waals surface area contributed by atoms with Crippen molar-refractivity contribution in [3.63, 3.8) is 0 Å². The van der Waals surface area contributed by atoms with Gasteiger partial charge in [-0.1, -0.05) is 41.4 Å². The van der Waals surface area contributed by atoms with E-state index in [0.29, 0.717) is 16.3 Å². The molecule has 278 valence electrons. The van der Waals surface area contributed by atoms with Crippen LogP contribution < -0.4 is 15.8 Å². The molecule has 3 aromatic heterocycles. The van der Waals surface area contributed by atoms with E-state index in [1.54, 1.807) is 0 Å². The quantitative estimate of drug-likeness (QED) is 0.0801. The number of alkyl halides is 4. The van der Waals surface area contributed by atoms with Crippen molar-refractivity contribution in [1.82, 2.24) is 29.9 Å². The molecule has 3 unspecified atom stereocenters. The van der Waals surface area contributed by atoms with Crippen molar-refractivity contribution in [2.45, 2.75) is 37.3 Å². The zero-order chi connectivity index (χ0) is 38.3. The molecule has 2 aliphatic rings. The Morgan fingerprint density at radius 1 is 1.04 bits per heavy atom. The van der Waals surface area contributed by atoms with Crippen LogP contribution in [0.3, 0.4) is 0 Å². The van der Waals surface area contributed by atoms with Gasteiger partial charge in [-0.05, 0) is 36.2 Å². The van der Waals surface area contributed by atoms with Crippen LogP contribution in [-0.2, 0) is 40.8 Å². The highest BCUT2D eigenvalue weighted by atomic mass is 35.5. The number of pyridine rings is 1. The molecular weight excluding hydrogens is 773 g/mol. The summed E-state index contributed by atoms with van der Waals surface area (Å²) in [6, 6.07) is 5.69. The number of nitrogen functional groups attached to an aromatic ring is 1. The van der Waals surface area contributed by atoms with Crippen LogP contribution in [0.2, 0.25) is 10.2 Å². The highest BCUT2D eigenvalue weighted by molar-refractivity contribution is 7.92. The van der Waals surface area contributed by atoms with Crippen molar-refractivity contribution in [2.75, 3.05) is 16.7 Å². The van der Waals surface area contributed by atoms with E-state index < -0.39 is 75.7 Å². The minimum Gasteiger partial charge on any atom is -0.396 e. The van der Waals surface area contributed by atoms with Crippen LogP contribution >= 0.6 is 23.2 Å². The summed E-state index contributed by atoms with van der Waals surface area (Å²) in [6.45, 7) is -0.941. The maximum Gasteiger partial charge on any atom is 0.296 e. The molecule has 53 heavy (non-hydrogen) atoms. The van der Waals surface area contributed by atoms with Crippen LogP contribution in [0.25, 0.3) is 22.0 Å². The van der Waals surface area contributed by atoms with Crippen molar-refractivity contribution in [3.8, 4) is 11.1 Å². The first-order valence-electron chi connectivity index (χ1n) is 15.6. The monoisotopic (exact) mass is 798 g/mol. The van der Waals surface area contributed by atoms with Crippen LogP contribution in [0.5, 0.6) is 0 Å². The van der Waals surface area contributed by atoms with E-state index in [9.17, 15) is 30.8 Å². The van der Waals surface area contributed by atoms with Crippen molar-refractivity contribution in [2.24, 2.45) is 13.0 Å². The SMILES string of the molecule is Cn1nc(NS(C)(=O)=O)c2c(Cl)ccc(-c3cc(N)c(Cl)nc3C(Cc3cc(F)cc(F)c3)NC(=O)Cn3nc(C(F)F)c4c3C(F)(F)C3C=CC43)c21. The van der Waals surface area contributed by atoms with Gasteiger partial charge in [0.2, 0.25) is 15.9 Å². The molecule has 20 heteroatoms. The molecule has 3 atom stereocenters. The number of anilines is 2. The van der Waals surface area contributed by atoms with Crippen LogP contribution in [0.15, 0.2) is 48.6 Å². The number of aromatic nitrogens is 5. The first kappa shape index (κ1) is 36.5. The summed E-state index contributed by atoms with van der Waals surface area (Å²) in [4.78, 5) is 18.2. The predicted octanol–water partition coefficient (Wildman–Crippen LogP) is 6.78. The first-order chi connectivity index (χ1) is 24.8. The molecule has 11 nitrogen and oxygen atoms in total. The van der Waals surface area contributed by atoms with Crippen LogP contribution in [0.4, 0.5) is 37.8 Å². The van der Waals surface area contributed by atoms with E-state index >= 15 is 8.78 Å². The van der Waals surface area contributed by atoms with Crippen molar-refractivity contribution in [3.05, 3.63) is 98.6 Å². The molecule has 4 N–H and O–H groups in total. The minimum atomic E-state index is -3.82. The van der Waals surface area contributed by atoms with E-state index in [4.69, 9.17) is 28.9 Å². The molecule has 0 bridgehead atoms. The molecule has 1 amide bonds. The lowest BCUT2D eigenvalue weighted by atomic mass is 9.81. The summed E-state index contributed by atoms with van der Waals surface area (Å²) in [5.74, 6) is -8.93. The Balaban J connectivity index is 1.35. The number of rotatable bonds is 10. The fourth-order valence-corrected chi connectivity index (χ4v) is 7.84. The Kier molecular flexibility index (Phi) is 8.93. The molecule has 2 aliphatic carbocycles. The number of hydrogen-bond acceptors (Lipinski definition) is 7. The third kappa shape index (κ3) is 6.45. The van der Waals surface area contributed by atoms with Gasteiger partial charge in [0.1, 0.15) is 29.6 Å². The zero-order valence-corrected chi connectivity index (χ0v) is 29.6. The van der Waals surface area contributed by atoms with Gasteiger partial charge in [0.15, 0.2) is 11.0 Å². The third-order valence-electron chi connectivity index (χ3n) is 9.07. The number of carbonyl (C=O) groups excluding carboxylic acids is 1. The van der Waals surface area contributed by atoms with Crippen molar-refractivity contribution < 1.29 is 39.6 Å². The van der Waals surface area contributed by atoms with Gasteiger partial charge in [-0.2, -0.15) is 19.0 Å². The smallest absolute Gasteiger partial charge is 0.296 e. The Labute approximate surface area is 306 Å². The van der Waals surface area contributed by atoms with E-state index in [0.717, 1.165) is 18.4 Å². The summed E-state index contributed by atoms with van der Waals surface area (Å²) in [5, 5.41) is 10.7. The average Bonchev–Trinajstić information content (AvgIpc) is 3.58. The second-order valence-electron chi connectivity index (χ2n) is 12.7. The van der Waals surface area contributed by atoms with Crippen LogP contribution in [0, 0.1) is 17.6 Å². The molecule has 0 radical (unpaired) electrons. The molecule has 0 saturated carbocycles. The second-order valence-corrected chi connectivity index (χ2v) is 15.2. The zero-order valence-electron chi connectivity index (χ0n) is 27.3. The van der Waals surface area contributed by atoms with E-state index in [2.05, 4.69) is 25.2 Å². The lowest BCUT2D eigenvalue weighted by Gasteiger charge is -2.27. The van der Waals surface area contributed by atoms with E-state index in [1.165, 1.54) is 42.1 Å². The molecule has 0 saturated heterocycles. The summed E-state index contributed by atoms with van der Waals surface area (Å²) in [7, 11) is -2.32. The number of nitrogens with zero attached hydrogens (tertiary/aromatic N) is 5. The molecule has 3 heterocycles. The number of carbonyl (C=O) groups is 1. The number of amides is 1. The number of nitrogens with two attached hydrogens (primary N) is 1. The highest BCUT2D eigenvalue weighted by Gasteiger charge is 2.60. The number of allylic oxidation sites excluding steroid dienone is 2. The molecule has 7 rings (SSSR count).